The molecule has 1 unspecified atom stereocenters. The van der Waals surface area contributed by atoms with Crippen LogP contribution in [0.2, 0.25) is 0 Å². The molecule has 0 heterocycles. The van der Waals surface area contributed by atoms with E-state index >= 15 is 0 Å². The van der Waals surface area contributed by atoms with Gasteiger partial charge < -0.3 is 0 Å². The third kappa shape index (κ3) is 4.34. The van der Waals surface area contributed by atoms with Gasteiger partial charge in [-0.05, 0) is 22.8 Å². The van der Waals surface area contributed by atoms with E-state index in [0.717, 1.165) is 0 Å². The summed E-state index contributed by atoms with van der Waals surface area (Å²) in [5, 5.41) is 2.74. The SMILES string of the molecule is CCCCCCCCC(Br)c1cccc2ccccc12. The van der Waals surface area contributed by atoms with Crippen molar-refractivity contribution in [3.05, 3.63) is 48.0 Å². The predicted octanol–water partition coefficient (Wildman–Crippen LogP) is 7.03. The molecule has 0 aliphatic carbocycles. The molecule has 0 radical (unpaired) electrons. The van der Waals surface area contributed by atoms with E-state index in [4.69, 9.17) is 0 Å². The van der Waals surface area contributed by atoms with E-state index in [1.54, 1.807) is 0 Å². The van der Waals surface area contributed by atoms with Crippen LogP contribution < -0.4 is 0 Å². The minimum atomic E-state index is 0.486. The fraction of sp³-hybridized carbons (Fsp3) is 0.474. The van der Waals surface area contributed by atoms with E-state index in [1.165, 1.54) is 61.3 Å². The number of rotatable bonds is 8. The molecule has 0 spiro atoms. The minimum absolute atomic E-state index is 0.486. The molecule has 0 aromatic heterocycles. The fourth-order valence-corrected chi connectivity index (χ4v) is 3.51. The summed E-state index contributed by atoms with van der Waals surface area (Å²) in [6, 6.07) is 15.3. The zero-order valence-electron chi connectivity index (χ0n) is 12.4. The van der Waals surface area contributed by atoms with E-state index < -0.39 is 0 Å². The first-order valence-corrected chi connectivity index (χ1v) is 8.86. The fourth-order valence-electron chi connectivity index (χ4n) is 2.78. The number of halogens is 1. The van der Waals surface area contributed by atoms with Crippen LogP contribution in [0.3, 0.4) is 0 Å². The van der Waals surface area contributed by atoms with Gasteiger partial charge in [-0.3, -0.25) is 0 Å². The van der Waals surface area contributed by atoms with Gasteiger partial charge in [0.15, 0.2) is 0 Å². The number of unbranched alkanes of at least 4 members (excludes halogenated alkanes) is 5. The standard InChI is InChI=1S/C19H25Br/c1-2-3-4-5-6-7-15-19(20)18-14-10-12-16-11-8-9-13-17(16)18/h8-14,19H,2-7,15H2,1H3. The summed E-state index contributed by atoms with van der Waals surface area (Å²) >= 11 is 3.89. The van der Waals surface area contributed by atoms with Gasteiger partial charge in [-0.2, -0.15) is 0 Å². The van der Waals surface area contributed by atoms with Crippen LogP contribution in [0.5, 0.6) is 0 Å². The van der Waals surface area contributed by atoms with Crippen molar-refractivity contribution in [1.29, 1.82) is 0 Å². The maximum atomic E-state index is 3.89. The van der Waals surface area contributed by atoms with Gasteiger partial charge in [-0.25, -0.2) is 0 Å². The van der Waals surface area contributed by atoms with Crippen molar-refractivity contribution in [3.63, 3.8) is 0 Å². The van der Waals surface area contributed by atoms with Crippen molar-refractivity contribution >= 4 is 26.7 Å². The van der Waals surface area contributed by atoms with E-state index in [9.17, 15) is 0 Å². The third-order valence-corrected chi connectivity index (χ3v) is 4.92. The first-order chi connectivity index (χ1) is 9.83. The van der Waals surface area contributed by atoms with E-state index in [1.807, 2.05) is 0 Å². The van der Waals surface area contributed by atoms with E-state index in [0.29, 0.717) is 4.83 Å². The van der Waals surface area contributed by atoms with Gasteiger partial charge in [0.2, 0.25) is 0 Å². The molecule has 2 aromatic carbocycles. The van der Waals surface area contributed by atoms with Crippen LogP contribution in [-0.2, 0) is 0 Å². The van der Waals surface area contributed by atoms with Gasteiger partial charge in [-0.1, -0.05) is 104 Å². The lowest BCUT2D eigenvalue weighted by Crippen LogP contribution is -1.92. The highest BCUT2D eigenvalue weighted by Gasteiger charge is 2.10. The Bertz CT molecular complexity index is 513. The maximum absolute atomic E-state index is 3.89. The van der Waals surface area contributed by atoms with Gasteiger partial charge in [-0.15, -0.1) is 0 Å². The molecule has 20 heavy (non-hydrogen) atoms. The second-order valence-corrected chi connectivity index (χ2v) is 6.70. The first kappa shape index (κ1) is 15.6. The number of fused-ring (bicyclic) bond motifs is 1. The van der Waals surface area contributed by atoms with Crippen LogP contribution in [0, 0.1) is 0 Å². The largest absolute Gasteiger partial charge is 0.0839 e. The summed E-state index contributed by atoms with van der Waals surface area (Å²) in [5.74, 6) is 0. The molecule has 1 heteroatoms. The van der Waals surface area contributed by atoms with E-state index in [2.05, 4.69) is 65.3 Å². The van der Waals surface area contributed by atoms with Crippen LogP contribution in [0.25, 0.3) is 10.8 Å². The summed E-state index contributed by atoms with van der Waals surface area (Å²) in [7, 11) is 0. The van der Waals surface area contributed by atoms with Crippen LogP contribution in [0.1, 0.15) is 62.3 Å². The summed E-state index contributed by atoms with van der Waals surface area (Å²) in [6.45, 7) is 2.27. The zero-order valence-corrected chi connectivity index (χ0v) is 14.0. The molecule has 108 valence electrons. The summed E-state index contributed by atoms with van der Waals surface area (Å²) in [6.07, 6.45) is 9.44. The second-order valence-electron chi connectivity index (χ2n) is 5.59. The van der Waals surface area contributed by atoms with Gasteiger partial charge >= 0.3 is 0 Å². The first-order valence-electron chi connectivity index (χ1n) is 7.94. The lowest BCUT2D eigenvalue weighted by atomic mass is 9.99. The minimum Gasteiger partial charge on any atom is -0.0839 e. The zero-order chi connectivity index (χ0) is 14.2. The normalized spacial score (nSPS) is 12.7. The molecule has 0 fully saturated rings. The molecule has 0 amide bonds. The Kier molecular flexibility index (Phi) is 6.59. The summed E-state index contributed by atoms with van der Waals surface area (Å²) < 4.78 is 0. The van der Waals surface area contributed by atoms with Crippen molar-refractivity contribution in [2.45, 2.75) is 56.7 Å². The highest BCUT2D eigenvalue weighted by atomic mass is 79.9. The lowest BCUT2D eigenvalue weighted by molar-refractivity contribution is 0.589. The highest BCUT2D eigenvalue weighted by molar-refractivity contribution is 9.09. The van der Waals surface area contributed by atoms with Crippen molar-refractivity contribution in [1.82, 2.24) is 0 Å². The molecular formula is C19H25Br. The number of alkyl halides is 1. The average Bonchev–Trinajstić information content (AvgIpc) is 2.50. The van der Waals surface area contributed by atoms with Crippen molar-refractivity contribution in [2.24, 2.45) is 0 Å². The van der Waals surface area contributed by atoms with Crippen molar-refractivity contribution in [2.75, 3.05) is 0 Å². The molecule has 0 aliphatic heterocycles. The monoisotopic (exact) mass is 332 g/mol. The molecule has 0 N–H and O–H groups in total. The van der Waals surface area contributed by atoms with Crippen LogP contribution in [0.15, 0.2) is 42.5 Å². The number of hydrogen-bond acceptors (Lipinski definition) is 0. The van der Waals surface area contributed by atoms with Crippen molar-refractivity contribution < 1.29 is 0 Å². The molecule has 2 aromatic rings. The third-order valence-electron chi connectivity index (χ3n) is 3.97. The van der Waals surface area contributed by atoms with Crippen molar-refractivity contribution in [3.8, 4) is 0 Å². The van der Waals surface area contributed by atoms with Crippen LogP contribution in [-0.4, -0.2) is 0 Å². The number of hydrogen-bond donors (Lipinski definition) is 0. The van der Waals surface area contributed by atoms with Crippen LogP contribution in [0.4, 0.5) is 0 Å². The van der Waals surface area contributed by atoms with Gasteiger partial charge in [0, 0.05) is 4.83 Å². The number of benzene rings is 2. The van der Waals surface area contributed by atoms with E-state index in [-0.39, 0.29) is 0 Å². The van der Waals surface area contributed by atoms with Crippen LogP contribution >= 0.6 is 15.9 Å². The average molecular weight is 333 g/mol. The maximum Gasteiger partial charge on any atom is 0.0401 e. The second kappa shape index (κ2) is 8.46. The topological polar surface area (TPSA) is 0 Å². The molecule has 0 bridgehead atoms. The molecule has 2 rings (SSSR count). The molecule has 0 saturated heterocycles. The predicted molar refractivity (Wildman–Crippen MR) is 93.6 cm³/mol. The Hall–Kier alpha value is -0.820. The highest BCUT2D eigenvalue weighted by Crippen LogP contribution is 2.33. The van der Waals surface area contributed by atoms with Gasteiger partial charge in [0.1, 0.15) is 0 Å². The molecule has 0 aliphatic rings. The Labute approximate surface area is 131 Å². The lowest BCUT2D eigenvalue weighted by Gasteiger charge is -2.13. The quantitative estimate of drug-likeness (QED) is 0.359. The molecular weight excluding hydrogens is 308 g/mol. The summed E-state index contributed by atoms with van der Waals surface area (Å²) in [5.41, 5.74) is 1.44. The Morgan fingerprint density at radius 1 is 0.850 bits per heavy atom. The Balaban J connectivity index is 1.89. The molecule has 0 saturated carbocycles. The van der Waals surface area contributed by atoms with Gasteiger partial charge in [0.25, 0.3) is 0 Å². The Morgan fingerprint density at radius 2 is 1.55 bits per heavy atom. The Morgan fingerprint density at radius 3 is 2.40 bits per heavy atom. The molecule has 0 nitrogen and oxygen atoms in total. The van der Waals surface area contributed by atoms with Gasteiger partial charge in [0.05, 0.1) is 0 Å². The smallest absolute Gasteiger partial charge is 0.0401 e. The summed E-state index contributed by atoms with van der Waals surface area (Å²) in [4.78, 5) is 0.486. The molecule has 1 atom stereocenters.